The maximum absolute atomic E-state index is 13.8. The quantitative estimate of drug-likeness (QED) is 0.907. The molecule has 1 aromatic rings. The third-order valence-electron chi connectivity index (χ3n) is 3.32. The molecule has 1 atom stereocenters. The number of carboxylic acids is 1. The first kappa shape index (κ1) is 16.2. The van der Waals surface area contributed by atoms with Gasteiger partial charge >= 0.3 is 5.97 Å². The van der Waals surface area contributed by atoms with Crippen molar-refractivity contribution in [3.05, 3.63) is 29.3 Å². The van der Waals surface area contributed by atoms with Crippen LogP contribution in [0.2, 0.25) is 0 Å². The van der Waals surface area contributed by atoms with Gasteiger partial charge in [0.1, 0.15) is 4.90 Å². The van der Waals surface area contributed by atoms with Crippen LogP contribution in [-0.2, 0) is 10.0 Å². The Morgan fingerprint density at radius 3 is 2.62 bits per heavy atom. The fourth-order valence-corrected chi connectivity index (χ4v) is 4.88. The molecule has 1 aliphatic heterocycles. The lowest BCUT2D eigenvalue weighted by atomic mass is 10.2. The first-order chi connectivity index (χ1) is 9.75. The fraction of sp³-hybridized carbons (Fsp3) is 0.417. The second-order valence-electron chi connectivity index (χ2n) is 4.61. The summed E-state index contributed by atoms with van der Waals surface area (Å²) in [6.45, 7) is 0. The predicted molar refractivity (Wildman–Crippen MR) is 74.0 cm³/mol. The van der Waals surface area contributed by atoms with Gasteiger partial charge in [0.2, 0.25) is 10.0 Å². The molecule has 5 nitrogen and oxygen atoms in total. The van der Waals surface area contributed by atoms with Crippen molar-refractivity contribution in [3.63, 3.8) is 0 Å². The third kappa shape index (κ3) is 3.04. The Morgan fingerprint density at radius 1 is 1.43 bits per heavy atom. The number of nitrogens with zero attached hydrogens (tertiary/aromatic N) is 1. The number of hydrogen-bond donors (Lipinski definition) is 1. The van der Waals surface area contributed by atoms with E-state index in [2.05, 4.69) is 0 Å². The zero-order valence-corrected chi connectivity index (χ0v) is 12.7. The number of carbonyl (C=O) groups is 1. The second-order valence-corrected chi connectivity index (χ2v) is 7.73. The Morgan fingerprint density at radius 2 is 2.10 bits per heavy atom. The minimum absolute atomic E-state index is 0.309. The molecule has 1 aliphatic rings. The van der Waals surface area contributed by atoms with Crippen LogP contribution in [0.1, 0.15) is 16.8 Å². The van der Waals surface area contributed by atoms with Crippen molar-refractivity contribution in [2.24, 2.45) is 0 Å². The Labute approximate surface area is 125 Å². The summed E-state index contributed by atoms with van der Waals surface area (Å²) in [5.41, 5.74) is -0.610. The number of sulfonamides is 1. The van der Waals surface area contributed by atoms with Crippen LogP contribution in [0.15, 0.2) is 17.0 Å². The number of aromatic carboxylic acids is 1. The normalized spacial score (nSPS) is 19.1. The zero-order chi connectivity index (χ0) is 15.8. The van der Waals surface area contributed by atoms with Gasteiger partial charge in [-0.2, -0.15) is 16.1 Å². The molecule has 1 N–H and O–H groups in total. The van der Waals surface area contributed by atoms with Crippen molar-refractivity contribution in [3.8, 4) is 0 Å². The summed E-state index contributed by atoms with van der Waals surface area (Å²) in [4.78, 5) is 9.92. The lowest BCUT2D eigenvalue weighted by molar-refractivity contribution is 0.0696. The van der Waals surface area contributed by atoms with Crippen LogP contribution in [0, 0.1) is 11.6 Å². The molecule has 0 spiro atoms. The van der Waals surface area contributed by atoms with Crippen LogP contribution in [0.4, 0.5) is 8.78 Å². The van der Waals surface area contributed by atoms with Crippen LogP contribution in [0.3, 0.4) is 0 Å². The van der Waals surface area contributed by atoms with E-state index in [1.165, 1.54) is 7.05 Å². The molecule has 0 saturated carbocycles. The van der Waals surface area contributed by atoms with Gasteiger partial charge in [-0.1, -0.05) is 0 Å². The molecular weight excluding hydrogens is 324 g/mol. The maximum atomic E-state index is 13.8. The monoisotopic (exact) mass is 337 g/mol. The van der Waals surface area contributed by atoms with Crippen LogP contribution in [-0.4, -0.2) is 48.4 Å². The van der Waals surface area contributed by atoms with E-state index in [0.717, 1.165) is 10.1 Å². The number of rotatable bonds is 4. The highest BCUT2D eigenvalue weighted by Crippen LogP contribution is 2.28. The molecule has 1 fully saturated rings. The molecule has 0 radical (unpaired) electrons. The molecule has 1 unspecified atom stereocenters. The van der Waals surface area contributed by atoms with Gasteiger partial charge in [0.15, 0.2) is 11.6 Å². The van der Waals surface area contributed by atoms with Crippen molar-refractivity contribution >= 4 is 27.8 Å². The van der Waals surface area contributed by atoms with E-state index in [1.54, 1.807) is 11.8 Å². The van der Waals surface area contributed by atoms with Crippen LogP contribution >= 0.6 is 11.8 Å². The first-order valence-electron chi connectivity index (χ1n) is 6.03. The SMILES string of the molecule is CN(C1CCSC1)S(=O)(=O)c1cc(C(=O)O)cc(F)c1F. The molecule has 0 aromatic heterocycles. The Bertz CT molecular complexity index is 672. The van der Waals surface area contributed by atoms with Gasteiger partial charge in [-0.25, -0.2) is 22.0 Å². The number of halogens is 2. The molecule has 9 heteroatoms. The van der Waals surface area contributed by atoms with E-state index in [4.69, 9.17) is 5.11 Å². The minimum Gasteiger partial charge on any atom is -0.478 e. The lowest BCUT2D eigenvalue weighted by Gasteiger charge is -2.23. The Balaban J connectivity index is 2.50. The van der Waals surface area contributed by atoms with Gasteiger partial charge in [0, 0.05) is 18.8 Å². The summed E-state index contributed by atoms with van der Waals surface area (Å²) >= 11 is 1.57. The van der Waals surface area contributed by atoms with Gasteiger partial charge < -0.3 is 5.11 Å². The molecular formula is C12H13F2NO4S2. The van der Waals surface area contributed by atoms with Crippen LogP contribution in [0.5, 0.6) is 0 Å². The maximum Gasteiger partial charge on any atom is 0.335 e. The number of thioether (sulfide) groups is 1. The number of carboxylic acid groups (broad SMARTS) is 1. The highest BCUT2D eigenvalue weighted by atomic mass is 32.2. The Kier molecular flexibility index (Phi) is 4.54. The van der Waals surface area contributed by atoms with E-state index >= 15 is 0 Å². The van der Waals surface area contributed by atoms with E-state index in [1.807, 2.05) is 0 Å². The summed E-state index contributed by atoms with van der Waals surface area (Å²) in [5.74, 6) is -3.22. The zero-order valence-electron chi connectivity index (χ0n) is 11.0. The van der Waals surface area contributed by atoms with E-state index in [-0.39, 0.29) is 6.04 Å². The molecule has 0 aliphatic carbocycles. The summed E-state index contributed by atoms with van der Waals surface area (Å²) < 4.78 is 53.0. The molecule has 0 bridgehead atoms. The number of hydrogen-bond acceptors (Lipinski definition) is 4. The van der Waals surface area contributed by atoms with Crippen molar-refractivity contribution in [1.82, 2.24) is 4.31 Å². The van der Waals surface area contributed by atoms with Crippen LogP contribution in [0.25, 0.3) is 0 Å². The predicted octanol–water partition coefficient (Wildman–Crippen LogP) is 1.79. The van der Waals surface area contributed by atoms with Crippen molar-refractivity contribution in [1.29, 1.82) is 0 Å². The Hall–Kier alpha value is -1.19. The van der Waals surface area contributed by atoms with E-state index < -0.39 is 38.1 Å². The molecule has 2 rings (SSSR count). The summed E-state index contributed by atoms with van der Waals surface area (Å²) in [6, 6.07) is 0.799. The van der Waals surface area contributed by atoms with Gasteiger partial charge in [0.05, 0.1) is 5.56 Å². The molecule has 1 heterocycles. The minimum atomic E-state index is -4.29. The van der Waals surface area contributed by atoms with Crippen molar-refractivity contribution in [2.75, 3.05) is 18.6 Å². The fourth-order valence-electron chi connectivity index (χ4n) is 2.04. The summed E-state index contributed by atoms with van der Waals surface area (Å²) in [7, 11) is -3.00. The van der Waals surface area contributed by atoms with Gasteiger partial charge in [-0.05, 0) is 24.3 Å². The smallest absolute Gasteiger partial charge is 0.335 e. The van der Waals surface area contributed by atoms with E-state index in [9.17, 15) is 22.0 Å². The van der Waals surface area contributed by atoms with Crippen molar-refractivity contribution in [2.45, 2.75) is 17.4 Å². The summed E-state index contributed by atoms with van der Waals surface area (Å²) in [6.07, 6.45) is 0.614. The highest BCUT2D eigenvalue weighted by Gasteiger charge is 2.33. The summed E-state index contributed by atoms with van der Waals surface area (Å²) in [5, 5.41) is 8.84. The molecule has 21 heavy (non-hydrogen) atoms. The van der Waals surface area contributed by atoms with Gasteiger partial charge in [-0.15, -0.1) is 0 Å². The highest BCUT2D eigenvalue weighted by molar-refractivity contribution is 7.99. The number of benzene rings is 1. The standard InChI is InChI=1S/C12H13F2NO4S2/c1-15(8-2-3-20-6-8)21(18,19)10-5-7(12(16)17)4-9(13)11(10)14/h4-5,8H,2-3,6H2,1H3,(H,16,17). The lowest BCUT2D eigenvalue weighted by Crippen LogP contribution is -2.37. The van der Waals surface area contributed by atoms with E-state index in [0.29, 0.717) is 24.3 Å². The van der Waals surface area contributed by atoms with Crippen molar-refractivity contribution < 1.29 is 27.1 Å². The van der Waals surface area contributed by atoms with Crippen LogP contribution < -0.4 is 0 Å². The molecule has 0 amide bonds. The average Bonchev–Trinajstić information content (AvgIpc) is 2.94. The largest absolute Gasteiger partial charge is 0.478 e. The molecule has 1 saturated heterocycles. The topological polar surface area (TPSA) is 74.7 Å². The second kappa shape index (κ2) is 5.90. The molecule has 116 valence electrons. The van der Waals surface area contributed by atoms with Gasteiger partial charge in [0.25, 0.3) is 0 Å². The average molecular weight is 337 g/mol. The van der Waals surface area contributed by atoms with Gasteiger partial charge in [-0.3, -0.25) is 0 Å². The molecule has 1 aromatic carbocycles. The first-order valence-corrected chi connectivity index (χ1v) is 8.62. The third-order valence-corrected chi connectivity index (χ3v) is 6.37.